The molecular formula is C15H18N6O. The summed E-state index contributed by atoms with van der Waals surface area (Å²) in [6.07, 6.45) is 2.66. The Labute approximate surface area is 128 Å². The molecule has 0 aliphatic carbocycles. The molecule has 1 aromatic carbocycles. The molecule has 0 aliphatic heterocycles. The highest BCUT2D eigenvalue weighted by Gasteiger charge is 2.12. The fourth-order valence-electron chi connectivity index (χ4n) is 2.03. The summed E-state index contributed by atoms with van der Waals surface area (Å²) in [5.74, 6) is 1.23. The van der Waals surface area contributed by atoms with Crippen molar-refractivity contribution in [3.63, 3.8) is 0 Å². The second-order valence-corrected chi connectivity index (χ2v) is 4.97. The molecule has 0 spiro atoms. The van der Waals surface area contributed by atoms with Gasteiger partial charge in [-0.2, -0.15) is 0 Å². The minimum Gasteiger partial charge on any atom is -0.424 e. The van der Waals surface area contributed by atoms with Gasteiger partial charge in [-0.15, -0.1) is 15.3 Å². The molecule has 2 aromatic heterocycles. The highest BCUT2D eigenvalue weighted by Crippen LogP contribution is 2.12. The zero-order valence-corrected chi connectivity index (χ0v) is 12.6. The molecule has 0 bridgehead atoms. The number of para-hydroxylation sites is 1. The van der Waals surface area contributed by atoms with E-state index in [1.807, 2.05) is 50.4 Å². The van der Waals surface area contributed by atoms with E-state index in [-0.39, 0.29) is 6.04 Å². The van der Waals surface area contributed by atoms with Gasteiger partial charge >= 0.3 is 0 Å². The molecule has 7 heteroatoms. The van der Waals surface area contributed by atoms with E-state index in [0.717, 1.165) is 17.8 Å². The fraction of sp³-hybridized carbons (Fsp3) is 0.333. The minimum absolute atomic E-state index is 0.0365. The highest BCUT2D eigenvalue weighted by molar-refractivity contribution is 5.30. The molecule has 3 rings (SSSR count). The Morgan fingerprint density at radius 2 is 1.91 bits per heavy atom. The number of nitrogens with zero attached hydrogens (tertiary/aromatic N) is 5. The molecule has 0 saturated carbocycles. The van der Waals surface area contributed by atoms with Crippen molar-refractivity contribution in [1.82, 2.24) is 30.5 Å². The van der Waals surface area contributed by atoms with Crippen LogP contribution in [0, 0.1) is 0 Å². The van der Waals surface area contributed by atoms with Gasteiger partial charge in [0.05, 0.1) is 30.2 Å². The van der Waals surface area contributed by atoms with Crippen LogP contribution >= 0.6 is 0 Å². The molecule has 0 fully saturated rings. The van der Waals surface area contributed by atoms with E-state index in [0.29, 0.717) is 18.3 Å². The SMILES string of the molecule is CCc1nnc(CNC(C)c2cn(-c3ccccc3)nn2)o1. The first-order chi connectivity index (χ1) is 10.8. The Morgan fingerprint density at radius 3 is 2.64 bits per heavy atom. The van der Waals surface area contributed by atoms with Gasteiger partial charge in [0.1, 0.15) is 0 Å². The molecule has 7 nitrogen and oxygen atoms in total. The maximum Gasteiger partial charge on any atom is 0.230 e. The van der Waals surface area contributed by atoms with E-state index in [2.05, 4.69) is 25.8 Å². The predicted octanol–water partition coefficient (Wildman–Crippen LogP) is 2.06. The smallest absolute Gasteiger partial charge is 0.230 e. The molecule has 1 N–H and O–H groups in total. The van der Waals surface area contributed by atoms with Crippen molar-refractivity contribution in [2.75, 3.05) is 0 Å². The van der Waals surface area contributed by atoms with Gasteiger partial charge in [-0.25, -0.2) is 4.68 Å². The summed E-state index contributed by atoms with van der Waals surface area (Å²) in [5, 5.41) is 19.6. The van der Waals surface area contributed by atoms with Crippen molar-refractivity contribution in [2.24, 2.45) is 0 Å². The lowest BCUT2D eigenvalue weighted by Crippen LogP contribution is -2.18. The van der Waals surface area contributed by atoms with Gasteiger partial charge in [-0.05, 0) is 19.1 Å². The summed E-state index contributed by atoms with van der Waals surface area (Å²) in [6, 6.07) is 9.93. The average Bonchev–Trinajstić information content (AvgIpc) is 3.22. The van der Waals surface area contributed by atoms with Gasteiger partial charge in [0.25, 0.3) is 0 Å². The lowest BCUT2D eigenvalue weighted by atomic mass is 10.2. The number of benzene rings is 1. The van der Waals surface area contributed by atoms with Crippen LogP contribution in [-0.4, -0.2) is 25.2 Å². The second-order valence-electron chi connectivity index (χ2n) is 4.97. The zero-order valence-electron chi connectivity index (χ0n) is 12.6. The van der Waals surface area contributed by atoms with Crippen LogP contribution in [-0.2, 0) is 13.0 Å². The van der Waals surface area contributed by atoms with Gasteiger partial charge in [-0.3, -0.25) is 0 Å². The maximum atomic E-state index is 5.47. The van der Waals surface area contributed by atoms with Crippen LogP contribution in [0.1, 0.15) is 37.4 Å². The van der Waals surface area contributed by atoms with Crippen LogP contribution in [0.3, 0.4) is 0 Å². The number of aromatic nitrogens is 5. The molecule has 0 amide bonds. The van der Waals surface area contributed by atoms with Crippen LogP contribution in [0.25, 0.3) is 5.69 Å². The molecule has 114 valence electrons. The Balaban J connectivity index is 1.63. The van der Waals surface area contributed by atoms with E-state index < -0.39 is 0 Å². The van der Waals surface area contributed by atoms with Crippen LogP contribution in [0.2, 0.25) is 0 Å². The lowest BCUT2D eigenvalue weighted by molar-refractivity contribution is 0.420. The average molecular weight is 298 g/mol. The molecule has 3 aromatic rings. The van der Waals surface area contributed by atoms with Gasteiger partial charge in [0.15, 0.2) is 0 Å². The third-order valence-electron chi connectivity index (χ3n) is 3.35. The Bertz CT molecular complexity index is 720. The summed E-state index contributed by atoms with van der Waals surface area (Å²) in [4.78, 5) is 0. The number of rotatable bonds is 6. The summed E-state index contributed by atoms with van der Waals surface area (Å²) in [5.41, 5.74) is 1.84. The highest BCUT2D eigenvalue weighted by atomic mass is 16.4. The van der Waals surface area contributed by atoms with Gasteiger partial charge in [-0.1, -0.05) is 30.3 Å². The van der Waals surface area contributed by atoms with E-state index in [1.54, 1.807) is 4.68 Å². The number of hydrogen-bond donors (Lipinski definition) is 1. The Morgan fingerprint density at radius 1 is 1.14 bits per heavy atom. The first-order valence-electron chi connectivity index (χ1n) is 7.28. The largest absolute Gasteiger partial charge is 0.424 e. The van der Waals surface area contributed by atoms with Crippen molar-refractivity contribution < 1.29 is 4.42 Å². The van der Waals surface area contributed by atoms with Crippen molar-refractivity contribution in [3.8, 4) is 5.69 Å². The van der Waals surface area contributed by atoms with E-state index in [1.165, 1.54) is 0 Å². The summed E-state index contributed by atoms with van der Waals surface area (Å²) >= 11 is 0. The maximum absolute atomic E-state index is 5.47. The van der Waals surface area contributed by atoms with Crippen molar-refractivity contribution in [3.05, 3.63) is 54.0 Å². The normalized spacial score (nSPS) is 12.5. The van der Waals surface area contributed by atoms with Gasteiger partial charge < -0.3 is 9.73 Å². The topological polar surface area (TPSA) is 81.7 Å². The Hall–Kier alpha value is -2.54. The fourth-order valence-corrected chi connectivity index (χ4v) is 2.03. The summed E-state index contributed by atoms with van der Waals surface area (Å²) in [7, 11) is 0. The molecule has 1 atom stereocenters. The first-order valence-corrected chi connectivity index (χ1v) is 7.28. The van der Waals surface area contributed by atoms with Crippen LogP contribution < -0.4 is 5.32 Å². The van der Waals surface area contributed by atoms with Crippen molar-refractivity contribution >= 4 is 0 Å². The van der Waals surface area contributed by atoms with E-state index >= 15 is 0 Å². The second kappa shape index (κ2) is 6.48. The predicted molar refractivity (Wildman–Crippen MR) is 80.3 cm³/mol. The van der Waals surface area contributed by atoms with Crippen molar-refractivity contribution in [2.45, 2.75) is 32.9 Å². The van der Waals surface area contributed by atoms with Crippen LogP contribution in [0.15, 0.2) is 40.9 Å². The molecule has 2 heterocycles. The third-order valence-corrected chi connectivity index (χ3v) is 3.35. The third kappa shape index (κ3) is 3.20. The van der Waals surface area contributed by atoms with Crippen LogP contribution in [0.5, 0.6) is 0 Å². The molecule has 22 heavy (non-hydrogen) atoms. The van der Waals surface area contributed by atoms with Crippen molar-refractivity contribution in [1.29, 1.82) is 0 Å². The molecule has 0 radical (unpaired) electrons. The molecule has 1 unspecified atom stereocenters. The van der Waals surface area contributed by atoms with Gasteiger partial charge in [0, 0.05) is 6.42 Å². The van der Waals surface area contributed by atoms with Crippen LogP contribution in [0.4, 0.5) is 0 Å². The number of aryl methyl sites for hydroxylation is 1. The standard InChI is InChI=1S/C15H18N6O/c1-3-14-18-19-15(22-14)9-16-11(2)13-10-21(20-17-13)12-7-5-4-6-8-12/h4-8,10-11,16H,3,9H2,1-2H3. The van der Waals surface area contributed by atoms with E-state index in [9.17, 15) is 0 Å². The molecule has 0 saturated heterocycles. The van der Waals surface area contributed by atoms with Gasteiger partial charge in [0.2, 0.25) is 11.8 Å². The summed E-state index contributed by atoms with van der Waals surface area (Å²) < 4.78 is 7.23. The Kier molecular flexibility index (Phi) is 4.24. The first kappa shape index (κ1) is 14.4. The number of nitrogens with one attached hydrogen (secondary N) is 1. The molecule has 0 aliphatic rings. The number of hydrogen-bond acceptors (Lipinski definition) is 6. The molecular weight excluding hydrogens is 280 g/mol. The zero-order chi connectivity index (χ0) is 15.4. The lowest BCUT2D eigenvalue weighted by Gasteiger charge is -2.08. The quantitative estimate of drug-likeness (QED) is 0.750. The minimum atomic E-state index is 0.0365. The van der Waals surface area contributed by atoms with E-state index in [4.69, 9.17) is 4.42 Å². The monoisotopic (exact) mass is 298 g/mol. The summed E-state index contributed by atoms with van der Waals surface area (Å²) in [6.45, 7) is 4.51.